The van der Waals surface area contributed by atoms with E-state index < -0.39 is 11.7 Å². The molecule has 2 aromatic rings. The molecule has 0 fully saturated rings. The molecule has 2 N–H and O–H groups in total. The molecule has 0 bridgehead atoms. The van der Waals surface area contributed by atoms with Crippen molar-refractivity contribution >= 4 is 11.6 Å². The molecule has 0 aliphatic rings. The Hall–Kier alpha value is -1.60. The first-order valence-electron chi connectivity index (χ1n) is 4.81. The van der Waals surface area contributed by atoms with Crippen LogP contribution in [0.25, 0.3) is 11.5 Å². The van der Waals surface area contributed by atoms with E-state index in [4.69, 9.17) is 21.9 Å². The normalized spacial score (nSPS) is 11.8. The van der Waals surface area contributed by atoms with Crippen molar-refractivity contribution in [3.8, 4) is 11.5 Å². The van der Waals surface area contributed by atoms with Crippen LogP contribution >= 0.6 is 11.6 Å². The van der Waals surface area contributed by atoms with E-state index in [2.05, 4.69) is 10.1 Å². The van der Waals surface area contributed by atoms with Crippen LogP contribution in [-0.4, -0.2) is 10.1 Å². The molecule has 1 heterocycles. The topological polar surface area (TPSA) is 64.9 Å². The Bertz CT molecular complexity index is 568. The quantitative estimate of drug-likeness (QED) is 0.917. The Morgan fingerprint density at radius 3 is 2.56 bits per heavy atom. The molecule has 0 amide bonds. The summed E-state index contributed by atoms with van der Waals surface area (Å²) in [4.78, 5) is 3.88. The molecule has 18 heavy (non-hydrogen) atoms. The average molecular weight is 278 g/mol. The highest BCUT2D eigenvalue weighted by Gasteiger charge is 2.31. The summed E-state index contributed by atoms with van der Waals surface area (Å²) in [6.07, 6.45) is -4.45. The minimum Gasteiger partial charge on any atom is -0.334 e. The number of alkyl halides is 3. The van der Waals surface area contributed by atoms with Crippen LogP contribution < -0.4 is 5.73 Å². The summed E-state index contributed by atoms with van der Waals surface area (Å²) in [6.45, 7) is 0.0712. The minimum atomic E-state index is -4.45. The van der Waals surface area contributed by atoms with Gasteiger partial charge in [0, 0.05) is 0 Å². The zero-order chi connectivity index (χ0) is 13.3. The smallest absolute Gasteiger partial charge is 0.334 e. The van der Waals surface area contributed by atoms with Gasteiger partial charge in [0.1, 0.15) is 0 Å². The predicted octanol–water partition coefficient (Wildman–Crippen LogP) is 2.87. The molecule has 0 spiro atoms. The van der Waals surface area contributed by atoms with Crippen molar-refractivity contribution in [1.29, 1.82) is 0 Å². The number of nitrogens with zero attached hydrogens (tertiary/aromatic N) is 2. The largest absolute Gasteiger partial charge is 0.416 e. The van der Waals surface area contributed by atoms with Gasteiger partial charge in [-0.25, -0.2) is 0 Å². The van der Waals surface area contributed by atoms with Gasteiger partial charge in [0.25, 0.3) is 5.89 Å². The van der Waals surface area contributed by atoms with Crippen LogP contribution in [0.3, 0.4) is 0 Å². The Balaban J connectivity index is 2.41. The number of halogens is 4. The van der Waals surface area contributed by atoms with E-state index in [0.29, 0.717) is 0 Å². The fraction of sp³-hybridized carbons (Fsp3) is 0.200. The van der Waals surface area contributed by atoms with Crippen molar-refractivity contribution in [3.63, 3.8) is 0 Å². The van der Waals surface area contributed by atoms with Gasteiger partial charge in [0.05, 0.1) is 22.7 Å². The predicted molar refractivity (Wildman–Crippen MR) is 57.6 cm³/mol. The first-order valence-corrected chi connectivity index (χ1v) is 5.19. The van der Waals surface area contributed by atoms with Gasteiger partial charge in [-0.1, -0.05) is 16.8 Å². The van der Waals surface area contributed by atoms with E-state index in [1.54, 1.807) is 0 Å². The second-order valence-electron chi connectivity index (χ2n) is 3.41. The molecule has 1 aromatic carbocycles. The number of rotatable bonds is 2. The molecule has 0 atom stereocenters. The van der Waals surface area contributed by atoms with E-state index in [-0.39, 0.29) is 28.8 Å². The molecule has 0 unspecified atom stereocenters. The van der Waals surface area contributed by atoms with E-state index in [9.17, 15) is 13.2 Å². The van der Waals surface area contributed by atoms with Crippen molar-refractivity contribution in [2.24, 2.45) is 5.73 Å². The third kappa shape index (κ3) is 2.46. The van der Waals surface area contributed by atoms with E-state index >= 15 is 0 Å². The van der Waals surface area contributed by atoms with E-state index in [1.807, 2.05) is 0 Å². The summed E-state index contributed by atoms with van der Waals surface area (Å²) in [6, 6.07) is 2.88. The number of hydrogen-bond donors (Lipinski definition) is 1. The summed E-state index contributed by atoms with van der Waals surface area (Å²) in [5.74, 6) is 0.287. The summed E-state index contributed by atoms with van der Waals surface area (Å²) in [7, 11) is 0. The molecule has 2 rings (SSSR count). The Morgan fingerprint density at radius 2 is 2.06 bits per heavy atom. The SMILES string of the molecule is NCc1noc(-c2ccc(C(F)(F)F)cc2Cl)n1. The summed E-state index contributed by atoms with van der Waals surface area (Å²) < 4.78 is 42.1. The van der Waals surface area contributed by atoms with E-state index in [0.717, 1.165) is 12.1 Å². The van der Waals surface area contributed by atoms with Crippen LogP contribution in [0.1, 0.15) is 11.4 Å². The number of nitrogens with two attached hydrogens (primary N) is 1. The molecule has 0 aliphatic carbocycles. The minimum absolute atomic E-state index is 0.0363. The lowest BCUT2D eigenvalue weighted by Crippen LogP contribution is -2.04. The molecule has 1 aromatic heterocycles. The van der Waals surface area contributed by atoms with Crippen LogP contribution in [0.4, 0.5) is 13.2 Å². The maximum atomic E-state index is 12.4. The van der Waals surface area contributed by atoms with Gasteiger partial charge in [-0.05, 0) is 18.2 Å². The summed E-state index contributed by atoms with van der Waals surface area (Å²) >= 11 is 5.76. The lowest BCUT2D eigenvalue weighted by Gasteiger charge is -2.07. The van der Waals surface area contributed by atoms with Gasteiger partial charge < -0.3 is 10.3 Å². The third-order valence-electron chi connectivity index (χ3n) is 2.18. The maximum Gasteiger partial charge on any atom is 0.416 e. The molecular formula is C10H7ClF3N3O. The molecular weight excluding hydrogens is 271 g/mol. The molecule has 4 nitrogen and oxygen atoms in total. The van der Waals surface area contributed by atoms with Crippen molar-refractivity contribution in [3.05, 3.63) is 34.6 Å². The number of benzene rings is 1. The first kappa shape index (κ1) is 12.8. The Kier molecular flexibility index (Phi) is 3.27. The lowest BCUT2D eigenvalue weighted by atomic mass is 10.1. The zero-order valence-electron chi connectivity index (χ0n) is 8.83. The van der Waals surface area contributed by atoms with Crippen molar-refractivity contribution in [2.45, 2.75) is 12.7 Å². The highest BCUT2D eigenvalue weighted by molar-refractivity contribution is 6.33. The lowest BCUT2D eigenvalue weighted by molar-refractivity contribution is -0.137. The van der Waals surface area contributed by atoms with Crippen LogP contribution in [0.2, 0.25) is 5.02 Å². The van der Waals surface area contributed by atoms with Gasteiger partial charge >= 0.3 is 6.18 Å². The molecule has 0 saturated heterocycles. The van der Waals surface area contributed by atoms with Crippen molar-refractivity contribution in [1.82, 2.24) is 10.1 Å². The molecule has 0 radical (unpaired) electrons. The Morgan fingerprint density at radius 1 is 1.33 bits per heavy atom. The standard InChI is InChI=1S/C10H7ClF3N3O/c11-7-3-5(10(12,13)14)1-2-6(7)9-16-8(4-15)17-18-9/h1-3H,4,15H2. The second-order valence-corrected chi connectivity index (χ2v) is 3.82. The molecule has 8 heteroatoms. The van der Waals surface area contributed by atoms with Gasteiger partial charge in [0.15, 0.2) is 5.82 Å². The van der Waals surface area contributed by atoms with Crippen LogP contribution in [-0.2, 0) is 12.7 Å². The second kappa shape index (κ2) is 4.58. The van der Waals surface area contributed by atoms with Crippen LogP contribution in [0.5, 0.6) is 0 Å². The first-order chi connectivity index (χ1) is 8.41. The average Bonchev–Trinajstić information content (AvgIpc) is 2.76. The fourth-order valence-corrected chi connectivity index (χ4v) is 1.57. The number of aromatic nitrogens is 2. The molecule has 0 saturated carbocycles. The van der Waals surface area contributed by atoms with Gasteiger partial charge in [-0.2, -0.15) is 18.2 Å². The maximum absolute atomic E-state index is 12.4. The monoisotopic (exact) mass is 277 g/mol. The fourth-order valence-electron chi connectivity index (χ4n) is 1.31. The van der Waals surface area contributed by atoms with E-state index in [1.165, 1.54) is 6.07 Å². The van der Waals surface area contributed by atoms with Gasteiger partial charge in [0.2, 0.25) is 0 Å². The number of hydrogen-bond acceptors (Lipinski definition) is 4. The Labute approximate surface area is 105 Å². The van der Waals surface area contributed by atoms with Crippen molar-refractivity contribution < 1.29 is 17.7 Å². The van der Waals surface area contributed by atoms with Crippen LogP contribution in [0, 0.1) is 0 Å². The third-order valence-corrected chi connectivity index (χ3v) is 2.49. The van der Waals surface area contributed by atoms with Gasteiger partial charge in [-0.3, -0.25) is 0 Å². The van der Waals surface area contributed by atoms with Crippen LogP contribution in [0.15, 0.2) is 22.7 Å². The van der Waals surface area contributed by atoms with Gasteiger partial charge in [-0.15, -0.1) is 0 Å². The zero-order valence-corrected chi connectivity index (χ0v) is 9.59. The molecule has 96 valence electrons. The summed E-state index contributed by atoms with van der Waals surface area (Å²) in [5.41, 5.74) is 4.69. The summed E-state index contributed by atoms with van der Waals surface area (Å²) in [5, 5.41) is 3.42. The highest BCUT2D eigenvalue weighted by Crippen LogP contribution is 2.34. The highest BCUT2D eigenvalue weighted by atomic mass is 35.5. The molecule has 0 aliphatic heterocycles. The van der Waals surface area contributed by atoms with Crippen molar-refractivity contribution in [2.75, 3.05) is 0 Å².